The summed E-state index contributed by atoms with van der Waals surface area (Å²) in [4.78, 5) is 20.8. The molecule has 130 valence electrons. The number of carbonyl (C=O) groups excluding carboxylic acids is 1. The molecule has 0 unspecified atom stereocenters. The summed E-state index contributed by atoms with van der Waals surface area (Å²) in [6, 6.07) is 0. The van der Waals surface area contributed by atoms with Gasteiger partial charge in [0.25, 0.3) is 5.91 Å². The van der Waals surface area contributed by atoms with Crippen molar-refractivity contribution in [3.8, 4) is 0 Å². The number of likely N-dealkylation sites (tertiary alicyclic amines) is 1. The number of imidazole rings is 1. The van der Waals surface area contributed by atoms with Gasteiger partial charge < -0.3 is 9.47 Å². The minimum absolute atomic E-state index is 0.00964. The molecule has 0 saturated carbocycles. The van der Waals surface area contributed by atoms with Gasteiger partial charge in [0.1, 0.15) is 5.82 Å². The molecule has 1 fully saturated rings. The van der Waals surface area contributed by atoms with Crippen LogP contribution in [-0.4, -0.2) is 62.6 Å². The van der Waals surface area contributed by atoms with Gasteiger partial charge in [-0.25, -0.2) is 4.98 Å². The van der Waals surface area contributed by atoms with E-state index in [4.69, 9.17) is 0 Å². The number of piperidine rings is 1. The molecule has 0 aliphatic carbocycles. The second kappa shape index (κ2) is 6.39. The fourth-order valence-electron chi connectivity index (χ4n) is 3.35. The molecular weight excluding hydrogens is 304 g/mol. The van der Waals surface area contributed by atoms with Crippen LogP contribution in [0.25, 0.3) is 0 Å². The lowest BCUT2D eigenvalue weighted by Crippen LogP contribution is -2.42. The second-order valence-corrected chi connectivity index (χ2v) is 7.15. The van der Waals surface area contributed by atoms with Gasteiger partial charge in [0.2, 0.25) is 0 Å². The Labute approximate surface area is 142 Å². The highest BCUT2D eigenvalue weighted by Gasteiger charge is 2.36. The van der Waals surface area contributed by atoms with Crippen molar-refractivity contribution in [2.24, 2.45) is 7.05 Å². The number of nitrogens with one attached hydrogen (secondary N) is 1. The third kappa shape index (κ3) is 3.08. The summed E-state index contributed by atoms with van der Waals surface area (Å²) in [5, 5.41) is 7.23. The maximum atomic E-state index is 12.4. The van der Waals surface area contributed by atoms with E-state index in [1.165, 1.54) is 0 Å². The fraction of sp³-hybridized carbons (Fsp3) is 0.588. The quantitative estimate of drug-likeness (QED) is 0.920. The van der Waals surface area contributed by atoms with Crippen LogP contribution >= 0.6 is 0 Å². The molecule has 2 aromatic heterocycles. The Morgan fingerprint density at radius 3 is 2.67 bits per heavy atom. The van der Waals surface area contributed by atoms with Crippen molar-refractivity contribution in [3.63, 3.8) is 0 Å². The van der Waals surface area contributed by atoms with Gasteiger partial charge in [-0.05, 0) is 25.9 Å². The molecule has 1 aliphatic rings. The Bertz CT molecular complexity index is 708. The highest BCUT2D eigenvalue weighted by Crippen LogP contribution is 2.36. The van der Waals surface area contributed by atoms with Gasteiger partial charge in [-0.15, -0.1) is 0 Å². The number of carbonyl (C=O) groups is 1. The van der Waals surface area contributed by atoms with E-state index >= 15 is 0 Å². The lowest BCUT2D eigenvalue weighted by atomic mass is 9.76. The number of H-pyrrole nitrogens is 1. The van der Waals surface area contributed by atoms with Crippen LogP contribution in [-0.2, 0) is 19.0 Å². The Morgan fingerprint density at radius 2 is 2.08 bits per heavy atom. The van der Waals surface area contributed by atoms with E-state index in [-0.39, 0.29) is 11.3 Å². The Morgan fingerprint density at radius 1 is 1.38 bits per heavy atom. The van der Waals surface area contributed by atoms with Gasteiger partial charge in [-0.3, -0.25) is 14.8 Å². The Balaban J connectivity index is 1.70. The molecule has 7 heteroatoms. The predicted molar refractivity (Wildman–Crippen MR) is 91.7 cm³/mol. The van der Waals surface area contributed by atoms with Gasteiger partial charge in [-0.1, -0.05) is 6.92 Å². The smallest absolute Gasteiger partial charge is 0.256 e. The van der Waals surface area contributed by atoms with Crippen LogP contribution in [0, 0.1) is 0 Å². The van der Waals surface area contributed by atoms with Crippen LogP contribution in [0.4, 0.5) is 0 Å². The standard InChI is InChI=1S/C17H26N6O/c1-17(15-13(11-19-20-15)16(24)21(2)3)5-8-23(9-6-17)12-14-18-7-10-22(14)4/h7,10-11H,5-6,8-9,12H2,1-4H3,(H,19,20). The molecule has 2 aromatic rings. The zero-order valence-corrected chi connectivity index (χ0v) is 14.9. The predicted octanol–water partition coefficient (Wildman–Crippen LogP) is 1.40. The zero-order chi connectivity index (χ0) is 17.3. The Kier molecular flexibility index (Phi) is 4.45. The van der Waals surface area contributed by atoms with Crippen molar-refractivity contribution < 1.29 is 4.79 Å². The van der Waals surface area contributed by atoms with Gasteiger partial charge in [0, 0.05) is 39.0 Å². The first-order valence-corrected chi connectivity index (χ1v) is 8.35. The van der Waals surface area contributed by atoms with Crippen LogP contribution in [0.5, 0.6) is 0 Å². The van der Waals surface area contributed by atoms with Gasteiger partial charge in [0.05, 0.1) is 24.0 Å². The van der Waals surface area contributed by atoms with Crippen molar-refractivity contribution in [1.82, 2.24) is 29.5 Å². The van der Waals surface area contributed by atoms with E-state index < -0.39 is 0 Å². The van der Waals surface area contributed by atoms with Gasteiger partial charge in [0.15, 0.2) is 0 Å². The topological polar surface area (TPSA) is 70.1 Å². The molecule has 0 spiro atoms. The van der Waals surface area contributed by atoms with Crippen molar-refractivity contribution in [2.75, 3.05) is 27.2 Å². The number of aromatic amines is 1. The summed E-state index contributed by atoms with van der Waals surface area (Å²) < 4.78 is 2.07. The van der Waals surface area contributed by atoms with Gasteiger partial charge >= 0.3 is 0 Å². The Hall–Kier alpha value is -2.15. The van der Waals surface area contributed by atoms with E-state index in [0.29, 0.717) is 5.56 Å². The first-order valence-electron chi connectivity index (χ1n) is 8.35. The normalized spacial score (nSPS) is 17.8. The van der Waals surface area contributed by atoms with Crippen molar-refractivity contribution in [3.05, 3.63) is 35.7 Å². The number of nitrogens with zero attached hydrogens (tertiary/aromatic N) is 5. The van der Waals surface area contributed by atoms with Crippen LogP contribution in [0.15, 0.2) is 18.6 Å². The van der Waals surface area contributed by atoms with E-state index in [2.05, 4.69) is 31.6 Å². The molecule has 7 nitrogen and oxygen atoms in total. The van der Waals surface area contributed by atoms with E-state index in [1.807, 2.05) is 19.4 Å². The minimum atomic E-state index is -0.0460. The third-order valence-electron chi connectivity index (χ3n) is 5.13. The molecule has 1 N–H and O–H groups in total. The summed E-state index contributed by atoms with van der Waals surface area (Å²) in [5.41, 5.74) is 1.62. The first kappa shape index (κ1) is 16.7. The second-order valence-electron chi connectivity index (χ2n) is 7.15. The molecule has 0 radical (unpaired) electrons. The van der Waals surface area contributed by atoms with Crippen molar-refractivity contribution in [1.29, 1.82) is 0 Å². The maximum absolute atomic E-state index is 12.4. The van der Waals surface area contributed by atoms with E-state index in [0.717, 1.165) is 44.0 Å². The number of aryl methyl sites for hydroxylation is 1. The maximum Gasteiger partial charge on any atom is 0.256 e. The lowest BCUT2D eigenvalue weighted by Gasteiger charge is -2.39. The van der Waals surface area contributed by atoms with E-state index in [9.17, 15) is 4.79 Å². The average Bonchev–Trinajstić information content (AvgIpc) is 3.19. The van der Waals surface area contributed by atoms with Crippen LogP contribution in [0.2, 0.25) is 0 Å². The van der Waals surface area contributed by atoms with Gasteiger partial charge in [-0.2, -0.15) is 5.10 Å². The van der Waals surface area contributed by atoms with Crippen LogP contribution < -0.4 is 0 Å². The number of aromatic nitrogens is 4. The average molecular weight is 330 g/mol. The summed E-state index contributed by atoms with van der Waals surface area (Å²) in [6.45, 7) is 5.06. The van der Waals surface area contributed by atoms with Crippen molar-refractivity contribution >= 4 is 5.91 Å². The molecular formula is C17H26N6O. The number of rotatable bonds is 4. The van der Waals surface area contributed by atoms with Crippen LogP contribution in [0.3, 0.4) is 0 Å². The largest absolute Gasteiger partial charge is 0.345 e. The summed E-state index contributed by atoms with van der Waals surface area (Å²) in [6.07, 6.45) is 7.46. The zero-order valence-electron chi connectivity index (χ0n) is 14.9. The monoisotopic (exact) mass is 330 g/mol. The molecule has 1 amide bonds. The van der Waals surface area contributed by atoms with Crippen molar-refractivity contribution in [2.45, 2.75) is 31.7 Å². The summed E-state index contributed by atoms with van der Waals surface area (Å²) in [5.74, 6) is 1.10. The number of hydrogen-bond donors (Lipinski definition) is 1. The molecule has 1 saturated heterocycles. The highest BCUT2D eigenvalue weighted by molar-refractivity contribution is 5.95. The number of hydrogen-bond acceptors (Lipinski definition) is 4. The summed E-state index contributed by atoms with van der Waals surface area (Å²) in [7, 11) is 5.58. The molecule has 3 rings (SSSR count). The minimum Gasteiger partial charge on any atom is -0.345 e. The molecule has 1 aliphatic heterocycles. The molecule has 0 aromatic carbocycles. The molecule has 3 heterocycles. The molecule has 0 bridgehead atoms. The summed E-state index contributed by atoms with van der Waals surface area (Å²) >= 11 is 0. The highest BCUT2D eigenvalue weighted by atomic mass is 16.2. The molecule has 0 atom stereocenters. The SMILES string of the molecule is CN(C)C(=O)c1cn[nH]c1C1(C)CCN(Cc2nccn2C)CC1. The van der Waals surface area contributed by atoms with E-state index in [1.54, 1.807) is 25.2 Å². The number of amides is 1. The van der Waals surface area contributed by atoms with Crippen LogP contribution in [0.1, 0.15) is 41.6 Å². The first-order chi connectivity index (χ1) is 11.4. The fourth-order valence-corrected chi connectivity index (χ4v) is 3.35. The molecule has 24 heavy (non-hydrogen) atoms. The lowest BCUT2D eigenvalue weighted by molar-refractivity contribution is 0.0821. The third-order valence-corrected chi connectivity index (χ3v) is 5.13.